The van der Waals surface area contributed by atoms with E-state index in [4.69, 9.17) is 5.11 Å². The van der Waals surface area contributed by atoms with Gasteiger partial charge in [0.2, 0.25) is 0 Å². The van der Waals surface area contributed by atoms with Crippen LogP contribution in [0.15, 0.2) is 30.3 Å². The lowest BCUT2D eigenvalue weighted by molar-refractivity contribution is 0.350. The van der Waals surface area contributed by atoms with E-state index in [1.165, 1.54) is 5.56 Å². The highest BCUT2D eigenvalue weighted by molar-refractivity contribution is 5.26. The number of benzene rings is 1. The Hall–Kier alpha value is -1.26. The molecule has 0 saturated heterocycles. The molecule has 1 heteroatoms. The molecule has 0 fully saturated rings. The van der Waals surface area contributed by atoms with E-state index in [2.05, 4.69) is 11.8 Å². The smallest absolute Gasteiger partial charge is 0.104 e. The third-order valence-corrected chi connectivity index (χ3v) is 1.70. The molecule has 0 radical (unpaired) electrons. The Bertz CT molecular complexity index is 279. The highest BCUT2D eigenvalue weighted by Crippen LogP contribution is 2.12. The number of hydrogen-bond donors (Lipinski definition) is 1. The van der Waals surface area contributed by atoms with Crippen molar-refractivity contribution in [2.24, 2.45) is 0 Å². The van der Waals surface area contributed by atoms with Gasteiger partial charge in [-0.25, -0.2) is 0 Å². The minimum Gasteiger partial charge on any atom is -0.384 e. The van der Waals surface area contributed by atoms with Gasteiger partial charge in [0.25, 0.3) is 0 Å². The van der Waals surface area contributed by atoms with Gasteiger partial charge in [0.1, 0.15) is 6.61 Å². The van der Waals surface area contributed by atoms with Gasteiger partial charge in [-0.05, 0) is 12.5 Å². The number of aliphatic hydroxyl groups excluding tert-OH is 1. The van der Waals surface area contributed by atoms with E-state index in [0.717, 1.165) is 0 Å². The maximum Gasteiger partial charge on any atom is 0.104 e. The van der Waals surface area contributed by atoms with Crippen molar-refractivity contribution in [3.8, 4) is 11.8 Å². The molecule has 0 aliphatic carbocycles. The summed E-state index contributed by atoms with van der Waals surface area (Å²) in [5.41, 5.74) is 1.19. The van der Waals surface area contributed by atoms with Crippen LogP contribution in [-0.2, 0) is 0 Å². The molecule has 1 rings (SSSR count). The van der Waals surface area contributed by atoms with E-state index in [1.807, 2.05) is 37.3 Å². The monoisotopic (exact) mass is 160 g/mol. The van der Waals surface area contributed by atoms with Crippen LogP contribution in [-0.4, -0.2) is 11.7 Å². The summed E-state index contributed by atoms with van der Waals surface area (Å²) in [6.45, 7) is 1.97. The number of aliphatic hydroxyl groups is 1. The molecule has 0 spiro atoms. The topological polar surface area (TPSA) is 20.2 Å². The Balaban J connectivity index is 2.72. The second-order valence-corrected chi connectivity index (χ2v) is 2.61. The van der Waals surface area contributed by atoms with Crippen LogP contribution in [0.3, 0.4) is 0 Å². The SMILES string of the molecule is CC(C#CCO)c1ccccc1. The Morgan fingerprint density at radius 2 is 2.00 bits per heavy atom. The molecule has 0 heterocycles. The first-order valence-electron chi connectivity index (χ1n) is 3.99. The molecule has 1 unspecified atom stereocenters. The maximum atomic E-state index is 8.49. The van der Waals surface area contributed by atoms with Gasteiger partial charge in [0, 0.05) is 5.92 Å². The van der Waals surface area contributed by atoms with Crippen LogP contribution in [0.25, 0.3) is 0 Å². The Morgan fingerprint density at radius 1 is 1.33 bits per heavy atom. The zero-order valence-electron chi connectivity index (χ0n) is 7.12. The van der Waals surface area contributed by atoms with Crippen molar-refractivity contribution in [2.45, 2.75) is 12.8 Å². The third kappa shape index (κ3) is 2.41. The summed E-state index contributed by atoms with van der Waals surface area (Å²) < 4.78 is 0. The Kier molecular flexibility index (Phi) is 3.37. The van der Waals surface area contributed by atoms with Gasteiger partial charge in [0.05, 0.1) is 0 Å². The molecular formula is C11H12O. The summed E-state index contributed by atoms with van der Waals surface area (Å²) in [6.07, 6.45) is 0. The molecule has 0 aliphatic rings. The van der Waals surface area contributed by atoms with Gasteiger partial charge in [-0.15, -0.1) is 0 Å². The third-order valence-electron chi connectivity index (χ3n) is 1.70. The van der Waals surface area contributed by atoms with Crippen molar-refractivity contribution in [1.82, 2.24) is 0 Å². The van der Waals surface area contributed by atoms with Gasteiger partial charge < -0.3 is 5.11 Å². The summed E-state index contributed by atoms with van der Waals surface area (Å²) in [4.78, 5) is 0. The molecule has 1 nitrogen and oxygen atoms in total. The van der Waals surface area contributed by atoms with Crippen molar-refractivity contribution < 1.29 is 5.11 Å². The largest absolute Gasteiger partial charge is 0.384 e. The van der Waals surface area contributed by atoms with Gasteiger partial charge in [-0.1, -0.05) is 42.2 Å². The first-order chi connectivity index (χ1) is 5.84. The van der Waals surface area contributed by atoms with E-state index in [1.54, 1.807) is 0 Å². The zero-order valence-corrected chi connectivity index (χ0v) is 7.12. The Labute approximate surface area is 73.0 Å². The van der Waals surface area contributed by atoms with Crippen LogP contribution in [0.4, 0.5) is 0 Å². The molecule has 1 aromatic carbocycles. The highest BCUT2D eigenvalue weighted by atomic mass is 16.2. The van der Waals surface area contributed by atoms with Crippen LogP contribution in [0.5, 0.6) is 0 Å². The molecule has 0 amide bonds. The molecule has 0 saturated carbocycles. The van der Waals surface area contributed by atoms with Gasteiger partial charge in [0.15, 0.2) is 0 Å². The minimum atomic E-state index is -0.0584. The lowest BCUT2D eigenvalue weighted by atomic mass is 10.0. The molecule has 1 aromatic rings. The van der Waals surface area contributed by atoms with Crippen molar-refractivity contribution in [3.05, 3.63) is 35.9 Å². The van der Waals surface area contributed by atoms with Gasteiger partial charge >= 0.3 is 0 Å². The number of hydrogen-bond acceptors (Lipinski definition) is 1. The standard InChI is InChI=1S/C11H12O/c1-10(6-5-9-12)11-7-3-2-4-8-11/h2-4,7-8,10,12H,9H2,1H3. The van der Waals surface area contributed by atoms with Crippen LogP contribution in [0.1, 0.15) is 18.4 Å². The van der Waals surface area contributed by atoms with Crippen molar-refractivity contribution >= 4 is 0 Å². The summed E-state index contributed by atoms with van der Waals surface area (Å²) >= 11 is 0. The van der Waals surface area contributed by atoms with E-state index in [0.29, 0.717) is 0 Å². The molecule has 0 bridgehead atoms. The molecule has 62 valence electrons. The summed E-state index contributed by atoms with van der Waals surface area (Å²) in [5, 5.41) is 8.49. The molecular weight excluding hydrogens is 148 g/mol. The fourth-order valence-corrected chi connectivity index (χ4v) is 1.02. The van der Waals surface area contributed by atoms with Crippen LogP contribution < -0.4 is 0 Å². The van der Waals surface area contributed by atoms with E-state index in [9.17, 15) is 0 Å². The molecule has 0 aromatic heterocycles. The molecule has 1 N–H and O–H groups in total. The summed E-state index contributed by atoms with van der Waals surface area (Å²) in [6, 6.07) is 10.0. The highest BCUT2D eigenvalue weighted by Gasteiger charge is 1.97. The van der Waals surface area contributed by atoms with Crippen LogP contribution in [0, 0.1) is 11.8 Å². The fourth-order valence-electron chi connectivity index (χ4n) is 1.02. The summed E-state index contributed by atoms with van der Waals surface area (Å²) in [5.74, 6) is 5.81. The van der Waals surface area contributed by atoms with Crippen molar-refractivity contribution in [2.75, 3.05) is 6.61 Å². The van der Waals surface area contributed by atoms with Gasteiger partial charge in [-0.2, -0.15) is 0 Å². The zero-order chi connectivity index (χ0) is 8.81. The van der Waals surface area contributed by atoms with Crippen LogP contribution in [0.2, 0.25) is 0 Å². The molecule has 12 heavy (non-hydrogen) atoms. The second kappa shape index (κ2) is 4.58. The predicted molar refractivity (Wildman–Crippen MR) is 49.7 cm³/mol. The lowest BCUT2D eigenvalue weighted by Crippen LogP contribution is -1.88. The average Bonchev–Trinajstić information content (AvgIpc) is 2.15. The lowest BCUT2D eigenvalue weighted by Gasteiger charge is -2.02. The van der Waals surface area contributed by atoms with E-state index < -0.39 is 0 Å². The Morgan fingerprint density at radius 3 is 2.58 bits per heavy atom. The minimum absolute atomic E-state index is 0.0584. The first-order valence-corrected chi connectivity index (χ1v) is 3.99. The van der Waals surface area contributed by atoms with Crippen molar-refractivity contribution in [3.63, 3.8) is 0 Å². The second-order valence-electron chi connectivity index (χ2n) is 2.61. The first kappa shape index (κ1) is 8.83. The van der Waals surface area contributed by atoms with E-state index in [-0.39, 0.29) is 12.5 Å². The van der Waals surface area contributed by atoms with E-state index >= 15 is 0 Å². The average molecular weight is 160 g/mol. The maximum absolute atomic E-state index is 8.49. The summed E-state index contributed by atoms with van der Waals surface area (Å²) in [7, 11) is 0. The van der Waals surface area contributed by atoms with Crippen molar-refractivity contribution in [1.29, 1.82) is 0 Å². The van der Waals surface area contributed by atoms with Gasteiger partial charge in [-0.3, -0.25) is 0 Å². The quantitative estimate of drug-likeness (QED) is 0.621. The number of rotatable bonds is 1. The molecule has 1 atom stereocenters. The fraction of sp³-hybridized carbons (Fsp3) is 0.273. The molecule has 0 aliphatic heterocycles. The van der Waals surface area contributed by atoms with Crippen LogP contribution >= 0.6 is 0 Å². The predicted octanol–water partition coefficient (Wildman–Crippen LogP) is 1.79. The normalized spacial score (nSPS) is 11.5.